The zero-order valence-electron chi connectivity index (χ0n) is 11.2. The smallest absolute Gasteiger partial charge is 0.235 e. The van der Waals surface area contributed by atoms with Gasteiger partial charge in [0.25, 0.3) is 0 Å². The van der Waals surface area contributed by atoms with Gasteiger partial charge >= 0.3 is 0 Å². The summed E-state index contributed by atoms with van der Waals surface area (Å²) < 4.78 is 0. The zero-order valence-corrected chi connectivity index (χ0v) is 12.7. The molecule has 20 heavy (non-hydrogen) atoms. The van der Waals surface area contributed by atoms with E-state index in [0.29, 0.717) is 15.6 Å². The van der Waals surface area contributed by atoms with Crippen LogP contribution in [0.2, 0.25) is 10.0 Å². The van der Waals surface area contributed by atoms with Crippen LogP contribution in [0.1, 0.15) is 31.9 Å². The summed E-state index contributed by atoms with van der Waals surface area (Å²) in [4.78, 5) is 25.0. The Morgan fingerprint density at radius 3 is 2.50 bits per heavy atom. The summed E-state index contributed by atoms with van der Waals surface area (Å²) in [6.45, 7) is 3.34. The molecule has 2 amide bonds. The van der Waals surface area contributed by atoms with E-state index in [9.17, 15) is 14.7 Å². The first-order valence-electron chi connectivity index (χ1n) is 6.20. The van der Waals surface area contributed by atoms with E-state index in [1.807, 2.05) is 0 Å². The van der Waals surface area contributed by atoms with Crippen LogP contribution in [-0.2, 0) is 9.59 Å². The molecule has 1 aromatic carbocycles. The molecule has 1 fully saturated rings. The molecule has 1 aromatic rings. The number of halogens is 2. The maximum atomic E-state index is 12.1. The normalized spacial score (nSPS) is 19.6. The molecule has 1 saturated heterocycles. The van der Waals surface area contributed by atoms with Crippen molar-refractivity contribution >= 4 is 35.0 Å². The van der Waals surface area contributed by atoms with Crippen molar-refractivity contribution in [2.75, 3.05) is 6.54 Å². The number of amides is 2. The van der Waals surface area contributed by atoms with Crippen LogP contribution in [0.25, 0.3) is 0 Å². The van der Waals surface area contributed by atoms with E-state index in [2.05, 4.69) is 0 Å². The molecule has 0 aromatic heterocycles. The number of β-amino-alcohol motifs (C(OH)–C–C–N with tert-alkyl or cyclic N) is 1. The predicted octanol–water partition coefficient (Wildman–Crippen LogP) is 2.81. The standard InChI is InChI=1S/C14H15Cl2NO3/c1-14(2)6-12(19)17(13(14)20)7-11(18)9-4-3-8(15)5-10(9)16/h3-5,11,18H,6-7H2,1-2H3. The SMILES string of the molecule is CC1(C)CC(=O)N(CC(O)c2ccc(Cl)cc2Cl)C1=O. The molecule has 2 rings (SSSR count). The molecule has 0 saturated carbocycles. The van der Waals surface area contributed by atoms with Crippen molar-refractivity contribution in [3.05, 3.63) is 33.8 Å². The lowest BCUT2D eigenvalue weighted by Gasteiger charge is -2.21. The molecule has 1 aliphatic heterocycles. The van der Waals surface area contributed by atoms with Crippen LogP contribution in [0, 0.1) is 5.41 Å². The van der Waals surface area contributed by atoms with E-state index in [-0.39, 0.29) is 24.8 Å². The number of benzene rings is 1. The highest BCUT2D eigenvalue weighted by Gasteiger charge is 2.45. The Kier molecular flexibility index (Phi) is 4.09. The number of carbonyl (C=O) groups excluding carboxylic acids is 2. The van der Waals surface area contributed by atoms with Gasteiger partial charge in [-0.25, -0.2) is 0 Å². The largest absolute Gasteiger partial charge is 0.386 e. The molecule has 0 radical (unpaired) electrons. The summed E-state index contributed by atoms with van der Waals surface area (Å²) in [6.07, 6.45) is -0.867. The second kappa shape index (κ2) is 5.35. The second-order valence-electron chi connectivity index (χ2n) is 5.55. The highest BCUT2D eigenvalue weighted by Crippen LogP contribution is 2.34. The molecule has 6 heteroatoms. The van der Waals surface area contributed by atoms with Gasteiger partial charge in [0.05, 0.1) is 18.1 Å². The molecule has 108 valence electrons. The molecular formula is C14H15Cl2NO3. The van der Waals surface area contributed by atoms with Crippen LogP contribution >= 0.6 is 23.2 Å². The topological polar surface area (TPSA) is 57.6 Å². The Morgan fingerprint density at radius 2 is 2.00 bits per heavy atom. The average Bonchev–Trinajstić information content (AvgIpc) is 2.51. The van der Waals surface area contributed by atoms with E-state index in [0.717, 1.165) is 4.90 Å². The molecule has 1 N–H and O–H groups in total. The number of aliphatic hydroxyl groups is 1. The molecule has 0 bridgehead atoms. The first-order chi connectivity index (χ1) is 9.22. The number of hydrogen-bond donors (Lipinski definition) is 1. The fourth-order valence-electron chi connectivity index (χ4n) is 2.26. The van der Waals surface area contributed by atoms with Gasteiger partial charge in [-0.05, 0) is 12.1 Å². The Morgan fingerprint density at radius 1 is 1.35 bits per heavy atom. The van der Waals surface area contributed by atoms with Gasteiger partial charge in [0, 0.05) is 22.0 Å². The van der Waals surface area contributed by atoms with Gasteiger partial charge in [-0.1, -0.05) is 43.1 Å². The minimum absolute atomic E-state index is 0.0948. The summed E-state index contributed by atoms with van der Waals surface area (Å²) in [5, 5.41) is 11.0. The third kappa shape index (κ3) is 2.82. The molecule has 1 aliphatic rings. The second-order valence-corrected chi connectivity index (χ2v) is 6.40. The lowest BCUT2D eigenvalue weighted by atomic mass is 9.92. The number of rotatable bonds is 3. The van der Waals surface area contributed by atoms with Gasteiger partial charge in [0.1, 0.15) is 0 Å². The van der Waals surface area contributed by atoms with Gasteiger partial charge in [0.15, 0.2) is 0 Å². The molecule has 0 aliphatic carbocycles. The van der Waals surface area contributed by atoms with Crippen molar-refractivity contribution in [1.82, 2.24) is 4.90 Å². The van der Waals surface area contributed by atoms with E-state index >= 15 is 0 Å². The highest BCUT2D eigenvalue weighted by atomic mass is 35.5. The van der Waals surface area contributed by atoms with Gasteiger partial charge < -0.3 is 5.11 Å². The van der Waals surface area contributed by atoms with Crippen molar-refractivity contribution in [3.63, 3.8) is 0 Å². The summed E-state index contributed by atoms with van der Waals surface area (Å²) in [5.41, 5.74) is -0.262. The highest BCUT2D eigenvalue weighted by molar-refractivity contribution is 6.35. The summed E-state index contributed by atoms with van der Waals surface area (Å²) >= 11 is 11.8. The van der Waals surface area contributed by atoms with Crippen LogP contribution in [0.4, 0.5) is 0 Å². The van der Waals surface area contributed by atoms with Crippen LogP contribution in [0.15, 0.2) is 18.2 Å². The minimum Gasteiger partial charge on any atom is -0.386 e. The summed E-state index contributed by atoms with van der Waals surface area (Å²) in [7, 11) is 0. The fourth-order valence-corrected chi connectivity index (χ4v) is 2.79. The van der Waals surface area contributed by atoms with Gasteiger partial charge in [-0.2, -0.15) is 0 Å². The van der Waals surface area contributed by atoms with Crippen molar-refractivity contribution in [2.45, 2.75) is 26.4 Å². The zero-order chi connectivity index (χ0) is 15.1. The lowest BCUT2D eigenvalue weighted by molar-refractivity contribution is -0.142. The molecule has 1 atom stereocenters. The minimum atomic E-state index is -1.03. The van der Waals surface area contributed by atoms with Crippen LogP contribution in [-0.4, -0.2) is 28.4 Å². The van der Waals surface area contributed by atoms with Crippen LogP contribution in [0.5, 0.6) is 0 Å². The van der Waals surface area contributed by atoms with Crippen molar-refractivity contribution < 1.29 is 14.7 Å². The van der Waals surface area contributed by atoms with E-state index in [1.165, 1.54) is 6.07 Å². The Balaban J connectivity index is 2.18. The van der Waals surface area contributed by atoms with Crippen molar-refractivity contribution in [3.8, 4) is 0 Å². The molecule has 4 nitrogen and oxygen atoms in total. The Labute approximate surface area is 127 Å². The molecule has 0 spiro atoms. The van der Waals surface area contributed by atoms with E-state index in [4.69, 9.17) is 23.2 Å². The number of likely N-dealkylation sites (tertiary alicyclic amines) is 1. The predicted molar refractivity (Wildman–Crippen MR) is 76.5 cm³/mol. The maximum Gasteiger partial charge on any atom is 0.235 e. The van der Waals surface area contributed by atoms with E-state index in [1.54, 1.807) is 26.0 Å². The number of imide groups is 1. The first-order valence-corrected chi connectivity index (χ1v) is 6.96. The molecule has 1 heterocycles. The van der Waals surface area contributed by atoms with Crippen LogP contribution < -0.4 is 0 Å². The lowest BCUT2D eigenvalue weighted by Crippen LogP contribution is -2.36. The fraction of sp³-hybridized carbons (Fsp3) is 0.429. The number of nitrogens with zero attached hydrogens (tertiary/aromatic N) is 1. The van der Waals surface area contributed by atoms with E-state index < -0.39 is 11.5 Å². The first kappa shape index (κ1) is 15.3. The van der Waals surface area contributed by atoms with Gasteiger partial charge in [-0.15, -0.1) is 0 Å². The van der Waals surface area contributed by atoms with Gasteiger partial charge in [0.2, 0.25) is 11.8 Å². The average molecular weight is 316 g/mol. The quantitative estimate of drug-likeness (QED) is 0.873. The van der Waals surface area contributed by atoms with Crippen molar-refractivity contribution in [2.24, 2.45) is 5.41 Å². The van der Waals surface area contributed by atoms with Gasteiger partial charge in [-0.3, -0.25) is 14.5 Å². The summed E-state index contributed by atoms with van der Waals surface area (Å²) in [5.74, 6) is -0.546. The number of hydrogen-bond acceptors (Lipinski definition) is 3. The van der Waals surface area contributed by atoms with Crippen molar-refractivity contribution in [1.29, 1.82) is 0 Å². The molecule has 1 unspecified atom stereocenters. The maximum absolute atomic E-state index is 12.1. The molecular weight excluding hydrogens is 301 g/mol. The Bertz CT molecular complexity index is 572. The third-order valence-electron chi connectivity index (χ3n) is 3.40. The Hall–Kier alpha value is -1.10. The monoisotopic (exact) mass is 315 g/mol. The number of aliphatic hydroxyl groups excluding tert-OH is 1. The summed E-state index contributed by atoms with van der Waals surface area (Å²) in [6, 6.07) is 4.70. The number of carbonyl (C=O) groups is 2. The third-order valence-corrected chi connectivity index (χ3v) is 3.96. The van der Waals surface area contributed by atoms with Crippen LogP contribution in [0.3, 0.4) is 0 Å².